The second-order valence-electron chi connectivity index (χ2n) is 5.65. The molecule has 1 aliphatic rings. The Bertz CT molecular complexity index is 568. The molecule has 0 spiro atoms. The quantitative estimate of drug-likeness (QED) is 0.921. The van der Waals surface area contributed by atoms with Crippen molar-refractivity contribution < 1.29 is 5.11 Å². The second-order valence-corrected chi connectivity index (χ2v) is 5.65. The van der Waals surface area contributed by atoms with Crippen LogP contribution in [0, 0.1) is 0 Å². The Morgan fingerprint density at radius 2 is 2.30 bits per heavy atom. The van der Waals surface area contributed by atoms with E-state index < -0.39 is 0 Å². The first-order valence-corrected chi connectivity index (χ1v) is 7.48. The minimum Gasteiger partial charge on any atom is -0.392 e. The van der Waals surface area contributed by atoms with Crippen LogP contribution in [0.2, 0.25) is 0 Å². The minimum atomic E-state index is -0.219. The fraction of sp³-hybridized carbons (Fsp3) is 0.600. The molecule has 2 aromatic heterocycles. The lowest BCUT2D eigenvalue weighted by Crippen LogP contribution is -2.39. The normalized spacial score (nSPS) is 22.2. The van der Waals surface area contributed by atoms with Crippen molar-refractivity contribution in [3.05, 3.63) is 30.2 Å². The highest BCUT2D eigenvalue weighted by molar-refractivity contribution is 5.37. The third-order valence-corrected chi connectivity index (χ3v) is 4.15. The molecule has 2 atom stereocenters. The first-order valence-electron chi connectivity index (χ1n) is 7.48. The van der Waals surface area contributed by atoms with Crippen LogP contribution in [0.1, 0.15) is 37.9 Å². The Labute approximate surface area is 119 Å². The van der Waals surface area contributed by atoms with E-state index in [0.29, 0.717) is 5.92 Å². The molecule has 5 heteroatoms. The van der Waals surface area contributed by atoms with Crippen molar-refractivity contribution >= 4 is 5.65 Å². The lowest BCUT2D eigenvalue weighted by atomic mass is 9.97. The molecular weight excluding hydrogens is 252 g/mol. The molecule has 0 aromatic carbocycles. The molecule has 2 aromatic rings. The molecule has 0 saturated carbocycles. The van der Waals surface area contributed by atoms with Gasteiger partial charge in [-0.05, 0) is 37.9 Å². The third kappa shape index (κ3) is 2.69. The van der Waals surface area contributed by atoms with Gasteiger partial charge in [-0.25, -0.2) is 0 Å². The smallest absolute Gasteiger partial charge is 0.160 e. The lowest BCUT2D eigenvalue weighted by molar-refractivity contribution is 0.0917. The molecular formula is C15H22N4O. The van der Waals surface area contributed by atoms with Gasteiger partial charge in [0.1, 0.15) is 5.82 Å². The van der Waals surface area contributed by atoms with Gasteiger partial charge in [0.25, 0.3) is 0 Å². The molecule has 3 rings (SSSR count). The van der Waals surface area contributed by atoms with Crippen LogP contribution in [0.25, 0.3) is 5.65 Å². The zero-order valence-electron chi connectivity index (χ0n) is 11.9. The molecule has 1 fully saturated rings. The van der Waals surface area contributed by atoms with Crippen molar-refractivity contribution in [2.75, 3.05) is 19.6 Å². The topological polar surface area (TPSA) is 53.7 Å². The SMILES string of the molecule is CCC(O)CN1CCCC(c2nnc3ccccn23)C1. The van der Waals surface area contributed by atoms with Gasteiger partial charge < -0.3 is 10.0 Å². The van der Waals surface area contributed by atoms with Gasteiger partial charge in [-0.15, -0.1) is 10.2 Å². The molecule has 3 heterocycles. The number of aromatic nitrogens is 3. The average molecular weight is 274 g/mol. The maximum Gasteiger partial charge on any atom is 0.160 e. The molecule has 5 nitrogen and oxygen atoms in total. The highest BCUT2D eigenvalue weighted by Gasteiger charge is 2.25. The van der Waals surface area contributed by atoms with E-state index in [4.69, 9.17) is 0 Å². The van der Waals surface area contributed by atoms with Crippen LogP contribution in [0.5, 0.6) is 0 Å². The molecule has 0 bridgehead atoms. The van der Waals surface area contributed by atoms with Gasteiger partial charge in [0.05, 0.1) is 6.10 Å². The summed E-state index contributed by atoms with van der Waals surface area (Å²) in [5.41, 5.74) is 0.910. The van der Waals surface area contributed by atoms with Crippen LogP contribution >= 0.6 is 0 Å². The van der Waals surface area contributed by atoms with Crippen molar-refractivity contribution in [1.29, 1.82) is 0 Å². The van der Waals surface area contributed by atoms with Gasteiger partial charge in [-0.3, -0.25) is 4.40 Å². The molecule has 0 aliphatic carbocycles. The summed E-state index contributed by atoms with van der Waals surface area (Å²) in [4.78, 5) is 2.35. The summed E-state index contributed by atoms with van der Waals surface area (Å²) in [5.74, 6) is 1.46. The fourth-order valence-corrected chi connectivity index (χ4v) is 3.00. The van der Waals surface area contributed by atoms with E-state index >= 15 is 0 Å². The van der Waals surface area contributed by atoms with Crippen LogP contribution in [-0.2, 0) is 0 Å². The van der Waals surface area contributed by atoms with Crippen LogP contribution in [0.15, 0.2) is 24.4 Å². The Hall–Kier alpha value is -1.46. The van der Waals surface area contributed by atoms with Crippen molar-refractivity contribution in [2.24, 2.45) is 0 Å². The van der Waals surface area contributed by atoms with E-state index in [1.54, 1.807) is 0 Å². The van der Waals surface area contributed by atoms with Crippen molar-refractivity contribution in [1.82, 2.24) is 19.5 Å². The number of rotatable bonds is 4. The highest BCUT2D eigenvalue weighted by Crippen LogP contribution is 2.26. The summed E-state index contributed by atoms with van der Waals surface area (Å²) in [5, 5.41) is 18.4. The van der Waals surface area contributed by atoms with Crippen LogP contribution in [0.4, 0.5) is 0 Å². The van der Waals surface area contributed by atoms with E-state index in [0.717, 1.165) is 50.4 Å². The number of hydrogen-bond acceptors (Lipinski definition) is 4. The average Bonchev–Trinajstić information content (AvgIpc) is 2.91. The van der Waals surface area contributed by atoms with E-state index in [2.05, 4.69) is 19.5 Å². The van der Waals surface area contributed by atoms with E-state index in [9.17, 15) is 5.11 Å². The lowest BCUT2D eigenvalue weighted by Gasteiger charge is -2.33. The Kier molecular flexibility index (Phi) is 3.98. The van der Waals surface area contributed by atoms with Gasteiger partial charge in [-0.2, -0.15) is 0 Å². The molecule has 1 N–H and O–H groups in total. The van der Waals surface area contributed by atoms with Crippen molar-refractivity contribution in [2.45, 2.75) is 38.2 Å². The fourth-order valence-electron chi connectivity index (χ4n) is 3.00. The van der Waals surface area contributed by atoms with Gasteiger partial charge in [-0.1, -0.05) is 13.0 Å². The number of hydrogen-bond donors (Lipinski definition) is 1. The van der Waals surface area contributed by atoms with E-state index in [-0.39, 0.29) is 6.10 Å². The largest absolute Gasteiger partial charge is 0.392 e. The molecule has 20 heavy (non-hydrogen) atoms. The molecule has 0 radical (unpaired) electrons. The summed E-state index contributed by atoms with van der Waals surface area (Å²) in [6.45, 7) is 4.83. The van der Waals surface area contributed by atoms with E-state index in [1.165, 1.54) is 0 Å². The zero-order valence-corrected chi connectivity index (χ0v) is 11.9. The summed E-state index contributed by atoms with van der Waals surface area (Å²) < 4.78 is 2.09. The van der Waals surface area contributed by atoms with Gasteiger partial charge in [0.15, 0.2) is 5.65 Å². The third-order valence-electron chi connectivity index (χ3n) is 4.15. The highest BCUT2D eigenvalue weighted by atomic mass is 16.3. The van der Waals surface area contributed by atoms with Gasteiger partial charge in [0.2, 0.25) is 0 Å². The molecule has 1 saturated heterocycles. The second kappa shape index (κ2) is 5.89. The number of aliphatic hydroxyl groups excluding tert-OH is 1. The monoisotopic (exact) mass is 274 g/mol. The molecule has 2 unspecified atom stereocenters. The number of nitrogens with zero attached hydrogens (tertiary/aromatic N) is 4. The zero-order chi connectivity index (χ0) is 13.9. The standard InChI is InChI=1S/C15H22N4O/c1-2-13(20)11-18-8-5-6-12(10-18)15-17-16-14-7-3-4-9-19(14)15/h3-4,7,9,12-13,20H,2,5-6,8,10-11H2,1H3. The van der Waals surface area contributed by atoms with Crippen LogP contribution < -0.4 is 0 Å². The summed E-state index contributed by atoms with van der Waals surface area (Å²) in [7, 11) is 0. The maximum atomic E-state index is 9.82. The predicted octanol–water partition coefficient (Wildman–Crippen LogP) is 1.68. The van der Waals surface area contributed by atoms with Gasteiger partial charge in [0, 0.05) is 25.2 Å². The van der Waals surface area contributed by atoms with Crippen molar-refractivity contribution in [3.8, 4) is 0 Å². The number of β-amino-alcohol motifs (C(OH)–C–C–N with tert-alkyl or cyclic N) is 1. The molecule has 108 valence electrons. The number of aliphatic hydroxyl groups is 1. The Morgan fingerprint density at radius 1 is 1.40 bits per heavy atom. The Balaban J connectivity index is 1.76. The molecule has 0 amide bonds. The molecule has 1 aliphatic heterocycles. The number of piperidine rings is 1. The maximum absolute atomic E-state index is 9.82. The Morgan fingerprint density at radius 3 is 3.15 bits per heavy atom. The van der Waals surface area contributed by atoms with E-state index in [1.807, 2.05) is 31.3 Å². The first-order chi connectivity index (χ1) is 9.78. The van der Waals surface area contributed by atoms with Crippen LogP contribution in [0.3, 0.4) is 0 Å². The number of likely N-dealkylation sites (tertiary alicyclic amines) is 1. The first kappa shape index (κ1) is 13.5. The predicted molar refractivity (Wildman–Crippen MR) is 77.7 cm³/mol. The minimum absolute atomic E-state index is 0.219. The van der Waals surface area contributed by atoms with Gasteiger partial charge >= 0.3 is 0 Å². The summed E-state index contributed by atoms with van der Waals surface area (Å²) in [6.07, 6.45) is 4.93. The summed E-state index contributed by atoms with van der Waals surface area (Å²) in [6, 6.07) is 5.98. The number of fused-ring (bicyclic) bond motifs is 1. The van der Waals surface area contributed by atoms with Crippen molar-refractivity contribution in [3.63, 3.8) is 0 Å². The van der Waals surface area contributed by atoms with Crippen LogP contribution in [-0.4, -0.2) is 50.3 Å². The number of pyridine rings is 1. The summed E-state index contributed by atoms with van der Waals surface area (Å²) >= 11 is 0.